The lowest BCUT2D eigenvalue weighted by atomic mass is 10.0. The second-order valence-electron chi connectivity index (χ2n) is 5.34. The van der Waals surface area contributed by atoms with Crippen LogP contribution in [0.1, 0.15) is 38.0 Å². The second-order valence-corrected chi connectivity index (χ2v) is 6.37. The van der Waals surface area contributed by atoms with Crippen molar-refractivity contribution >= 4 is 17.2 Å². The molecule has 0 aliphatic heterocycles. The summed E-state index contributed by atoms with van der Waals surface area (Å²) in [5, 5.41) is 2.06. The number of carbonyl (C=O) groups excluding carboxylic acids is 1. The highest BCUT2D eigenvalue weighted by molar-refractivity contribution is 7.09. The van der Waals surface area contributed by atoms with Gasteiger partial charge in [-0.05, 0) is 38.1 Å². The normalized spacial score (nSPS) is 23.6. The molecule has 18 heavy (non-hydrogen) atoms. The van der Waals surface area contributed by atoms with Gasteiger partial charge >= 0.3 is 0 Å². The van der Waals surface area contributed by atoms with E-state index in [9.17, 15) is 4.79 Å². The number of carbonyl (C=O) groups is 1. The van der Waals surface area contributed by atoms with Crippen molar-refractivity contribution in [2.45, 2.75) is 51.7 Å². The number of rotatable bonds is 4. The van der Waals surface area contributed by atoms with Gasteiger partial charge in [-0.1, -0.05) is 12.5 Å². The fourth-order valence-corrected chi connectivity index (χ4v) is 3.30. The molecule has 2 unspecified atom stereocenters. The first kappa shape index (κ1) is 13.6. The molecular weight excluding hydrogens is 244 g/mol. The van der Waals surface area contributed by atoms with Crippen molar-refractivity contribution in [3.05, 3.63) is 22.4 Å². The summed E-state index contributed by atoms with van der Waals surface area (Å²) in [5.41, 5.74) is 6.05. The van der Waals surface area contributed by atoms with Gasteiger partial charge in [0.15, 0.2) is 0 Å². The first-order valence-electron chi connectivity index (χ1n) is 6.68. The van der Waals surface area contributed by atoms with Crippen LogP contribution in [0.3, 0.4) is 0 Å². The van der Waals surface area contributed by atoms with Crippen LogP contribution >= 0.6 is 11.3 Å². The molecule has 0 bridgehead atoms. The minimum atomic E-state index is 0.0346. The van der Waals surface area contributed by atoms with Crippen molar-refractivity contribution in [2.75, 3.05) is 0 Å². The molecule has 1 amide bonds. The van der Waals surface area contributed by atoms with Crippen molar-refractivity contribution in [1.82, 2.24) is 4.90 Å². The third-order valence-corrected chi connectivity index (χ3v) is 4.56. The third kappa shape index (κ3) is 2.93. The van der Waals surface area contributed by atoms with Crippen molar-refractivity contribution in [3.63, 3.8) is 0 Å². The number of hydrogen-bond acceptors (Lipinski definition) is 3. The van der Waals surface area contributed by atoms with Crippen LogP contribution in [-0.2, 0) is 11.3 Å². The van der Waals surface area contributed by atoms with Crippen LogP contribution in [0.25, 0.3) is 0 Å². The Bertz CT molecular complexity index is 389. The van der Waals surface area contributed by atoms with Crippen molar-refractivity contribution in [1.29, 1.82) is 0 Å². The van der Waals surface area contributed by atoms with Crippen molar-refractivity contribution in [3.8, 4) is 0 Å². The maximum atomic E-state index is 12.6. The van der Waals surface area contributed by atoms with Gasteiger partial charge in [0, 0.05) is 17.0 Å². The van der Waals surface area contributed by atoms with Gasteiger partial charge in [0.1, 0.15) is 0 Å². The average Bonchev–Trinajstić information content (AvgIpc) is 2.95. The zero-order valence-corrected chi connectivity index (χ0v) is 12.0. The van der Waals surface area contributed by atoms with Gasteiger partial charge in [0.25, 0.3) is 0 Å². The summed E-state index contributed by atoms with van der Waals surface area (Å²) in [6.45, 7) is 4.87. The molecule has 2 rings (SSSR count). The number of thiophene rings is 1. The lowest BCUT2D eigenvalue weighted by Crippen LogP contribution is -2.44. The van der Waals surface area contributed by atoms with Crippen LogP contribution in [0.2, 0.25) is 0 Å². The van der Waals surface area contributed by atoms with E-state index in [0.717, 1.165) is 25.8 Å². The lowest BCUT2D eigenvalue weighted by Gasteiger charge is -2.30. The minimum Gasteiger partial charge on any atom is -0.335 e. The fraction of sp³-hybridized carbons (Fsp3) is 0.643. The highest BCUT2D eigenvalue weighted by atomic mass is 32.1. The Kier molecular flexibility index (Phi) is 4.40. The van der Waals surface area contributed by atoms with E-state index in [2.05, 4.69) is 25.3 Å². The van der Waals surface area contributed by atoms with E-state index >= 15 is 0 Å². The molecule has 1 aromatic heterocycles. The maximum absolute atomic E-state index is 12.6. The third-order valence-electron chi connectivity index (χ3n) is 3.70. The van der Waals surface area contributed by atoms with Gasteiger partial charge in [-0.25, -0.2) is 0 Å². The van der Waals surface area contributed by atoms with Gasteiger partial charge in [-0.3, -0.25) is 4.79 Å². The molecule has 0 saturated heterocycles. The minimum absolute atomic E-state index is 0.0346. The van der Waals surface area contributed by atoms with Crippen LogP contribution in [0.15, 0.2) is 17.5 Å². The summed E-state index contributed by atoms with van der Waals surface area (Å²) in [4.78, 5) is 15.8. The molecule has 0 radical (unpaired) electrons. The van der Waals surface area contributed by atoms with E-state index in [1.54, 1.807) is 11.3 Å². The molecular formula is C14H22N2OS. The molecule has 1 aliphatic rings. The van der Waals surface area contributed by atoms with Crippen LogP contribution in [0.5, 0.6) is 0 Å². The molecule has 2 N–H and O–H groups in total. The predicted octanol–water partition coefficient (Wildman–Crippen LogP) is 2.61. The zero-order valence-electron chi connectivity index (χ0n) is 11.1. The molecule has 0 aromatic carbocycles. The Balaban J connectivity index is 2.07. The summed E-state index contributed by atoms with van der Waals surface area (Å²) in [5.74, 6) is 0.274. The lowest BCUT2D eigenvalue weighted by molar-refractivity contribution is -0.138. The van der Waals surface area contributed by atoms with Gasteiger partial charge in [0.2, 0.25) is 5.91 Å². The first-order valence-corrected chi connectivity index (χ1v) is 7.56. The fourth-order valence-electron chi connectivity index (χ4n) is 2.59. The summed E-state index contributed by atoms with van der Waals surface area (Å²) < 4.78 is 0. The van der Waals surface area contributed by atoms with Crippen LogP contribution < -0.4 is 5.73 Å². The Morgan fingerprint density at radius 2 is 2.33 bits per heavy atom. The quantitative estimate of drug-likeness (QED) is 0.910. The highest BCUT2D eigenvalue weighted by Gasteiger charge is 2.34. The Hall–Kier alpha value is -0.870. The number of hydrogen-bond donors (Lipinski definition) is 1. The Labute approximate surface area is 113 Å². The molecule has 1 aromatic rings. The van der Waals surface area contributed by atoms with Gasteiger partial charge < -0.3 is 10.6 Å². The van der Waals surface area contributed by atoms with E-state index in [0.29, 0.717) is 0 Å². The molecule has 1 saturated carbocycles. The maximum Gasteiger partial charge on any atom is 0.227 e. The standard InChI is InChI=1S/C14H22N2OS/c1-10(2)16(9-11-5-4-8-18-11)14(17)12-6-3-7-13(12)15/h4-5,8,10,12-13H,3,6-7,9,15H2,1-2H3. The summed E-state index contributed by atoms with van der Waals surface area (Å²) in [6.07, 6.45) is 3.03. The van der Waals surface area contributed by atoms with Gasteiger partial charge in [0.05, 0.1) is 12.5 Å². The monoisotopic (exact) mass is 266 g/mol. The van der Waals surface area contributed by atoms with E-state index in [1.165, 1.54) is 4.88 Å². The molecule has 1 heterocycles. The summed E-state index contributed by atoms with van der Waals surface area (Å²) in [6, 6.07) is 4.40. The average molecular weight is 266 g/mol. The van der Waals surface area contributed by atoms with Crippen LogP contribution in [0.4, 0.5) is 0 Å². The Morgan fingerprint density at radius 1 is 1.56 bits per heavy atom. The summed E-state index contributed by atoms with van der Waals surface area (Å²) in [7, 11) is 0. The van der Waals surface area contributed by atoms with E-state index in [1.807, 2.05) is 11.0 Å². The predicted molar refractivity (Wildman–Crippen MR) is 75.3 cm³/mol. The topological polar surface area (TPSA) is 46.3 Å². The number of amides is 1. The number of nitrogens with zero attached hydrogens (tertiary/aromatic N) is 1. The molecule has 3 nitrogen and oxygen atoms in total. The largest absolute Gasteiger partial charge is 0.335 e. The number of nitrogens with two attached hydrogens (primary N) is 1. The molecule has 2 atom stereocenters. The molecule has 1 fully saturated rings. The van der Waals surface area contributed by atoms with E-state index in [-0.39, 0.29) is 23.9 Å². The molecule has 4 heteroatoms. The van der Waals surface area contributed by atoms with E-state index in [4.69, 9.17) is 5.73 Å². The van der Waals surface area contributed by atoms with Crippen LogP contribution in [-0.4, -0.2) is 22.9 Å². The van der Waals surface area contributed by atoms with E-state index < -0.39 is 0 Å². The zero-order chi connectivity index (χ0) is 13.1. The van der Waals surface area contributed by atoms with Crippen LogP contribution in [0, 0.1) is 5.92 Å². The Morgan fingerprint density at radius 3 is 2.83 bits per heavy atom. The molecule has 0 spiro atoms. The molecule has 100 valence electrons. The van der Waals surface area contributed by atoms with Crippen molar-refractivity contribution in [2.24, 2.45) is 11.7 Å². The van der Waals surface area contributed by atoms with Gasteiger partial charge in [-0.2, -0.15) is 0 Å². The van der Waals surface area contributed by atoms with Gasteiger partial charge in [-0.15, -0.1) is 11.3 Å². The SMILES string of the molecule is CC(C)N(Cc1cccs1)C(=O)C1CCCC1N. The van der Waals surface area contributed by atoms with Crippen molar-refractivity contribution < 1.29 is 4.79 Å². The highest BCUT2D eigenvalue weighted by Crippen LogP contribution is 2.27. The first-order chi connectivity index (χ1) is 8.59. The summed E-state index contributed by atoms with van der Waals surface area (Å²) >= 11 is 1.70. The second kappa shape index (κ2) is 5.85. The smallest absolute Gasteiger partial charge is 0.227 e. The molecule has 1 aliphatic carbocycles.